The standard InChI is InChI=1S/C19H29F3N4O2/c1-3-23-18(24-8-11-27-2)25-14-17(26-9-12-28-13-10-26)15-4-6-16(7-5-15)19(20,21)22/h4-7,17H,3,8-14H2,1-2H3,(H2,23,24,25). The molecule has 1 heterocycles. The van der Waals surface area contributed by atoms with Crippen molar-refractivity contribution in [2.75, 3.05) is 59.7 Å². The maximum Gasteiger partial charge on any atom is 0.416 e. The third-order valence-corrected chi connectivity index (χ3v) is 4.47. The Hall–Kier alpha value is -1.84. The molecule has 1 aliphatic heterocycles. The number of rotatable bonds is 8. The highest BCUT2D eigenvalue weighted by Crippen LogP contribution is 2.31. The number of morpholine rings is 1. The molecule has 158 valence electrons. The number of guanidine groups is 1. The summed E-state index contributed by atoms with van der Waals surface area (Å²) in [5.74, 6) is 0.657. The summed E-state index contributed by atoms with van der Waals surface area (Å²) in [6, 6.07) is 5.24. The third-order valence-electron chi connectivity index (χ3n) is 4.47. The number of nitrogens with zero attached hydrogens (tertiary/aromatic N) is 2. The SMILES string of the molecule is CCNC(=NCC(c1ccc(C(F)(F)F)cc1)N1CCOCC1)NCCOC. The lowest BCUT2D eigenvalue weighted by Crippen LogP contribution is -2.42. The van der Waals surface area contributed by atoms with E-state index in [9.17, 15) is 13.2 Å². The lowest BCUT2D eigenvalue weighted by molar-refractivity contribution is -0.137. The van der Waals surface area contributed by atoms with E-state index in [2.05, 4.69) is 20.5 Å². The fraction of sp³-hybridized carbons (Fsp3) is 0.632. The normalized spacial score (nSPS) is 17.4. The van der Waals surface area contributed by atoms with Gasteiger partial charge in [-0.3, -0.25) is 9.89 Å². The first-order valence-electron chi connectivity index (χ1n) is 9.45. The van der Waals surface area contributed by atoms with Crippen LogP contribution in [0.4, 0.5) is 13.2 Å². The Bertz CT molecular complexity index is 602. The summed E-state index contributed by atoms with van der Waals surface area (Å²) in [6.07, 6.45) is -4.34. The van der Waals surface area contributed by atoms with Crippen LogP contribution in [-0.4, -0.2) is 70.5 Å². The zero-order valence-corrected chi connectivity index (χ0v) is 16.4. The number of benzene rings is 1. The van der Waals surface area contributed by atoms with Gasteiger partial charge in [0.25, 0.3) is 0 Å². The minimum atomic E-state index is -4.34. The Morgan fingerprint density at radius 2 is 1.89 bits per heavy atom. The zero-order valence-electron chi connectivity index (χ0n) is 16.4. The Morgan fingerprint density at radius 1 is 1.21 bits per heavy atom. The van der Waals surface area contributed by atoms with E-state index in [0.29, 0.717) is 45.4 Å². The van der Waals surface area contributed by atoms with Gasteiger partial charge in [-0.05, 0) is 24.6 Å². The number of nitrogens with one attached hydrogen (secondary N) is 2. The van der Waals surface area contributed by atoms with Crippen molar-refractivity contribution in [1.82, 2.24) is 15.5 Å². The largest absolute Gasteiger partial charge is 0.416 e. The van der Waals surface area contributed by atoms with Gasteiger partial charge < -0.3 is 20.1 Å². The molecule has 0 bridgehead atoms. The van der Waals surface area contributed by atoms with Crippen LogP contribution < -0.4 is 10.6 Å². The van der Waals surface area contributed by atoms with Crippen LogP contribution in [0.5, 0.6) is 0 Å². The molecule has 0 saturated carbocycles. The van der Waals surface area contributed by atoms with Gasteiger partial charge in [0.1, 0.15) is 0 Å². The first-order valence-corrected chi connectivity index (χ1v) is 9.45. The summed E-state index contributed by atoms with van der Waals surface area (Å²) < 4.78 is 49.1. The molecule has 0 spiro atoms. The average molecular weight is 402 g/mol. The number of ether oxygens (including phenoxy) is 2. The summed E-state index contributed by atoms with van der Waals surface area (Å²) in [5.41, 5.74) is 0.168. The summed E-state index contributed by atoms with van der Waals surface area (Å²) in [5, 5.41) is 6.35. The predicted molar refractivity (Wildman–Crippen MR) is 102 cm³/mol. The number of methoxy groups -OCH3 is 1. The van der Waals surface area contributed by atoms with Gasteiger partial charge in [0.15, 0.2) is 5.96 Å². The van der Waals surface area contributed by atoms with Crippen LogP contribution in [0.2, 0.25) is 0 Å². The summed E-state index contributed by atoms with van der Waals surface area (Å²) in [6.45, 7) is 6.92. The van der Waals surface area contributed by atoms with Gasteiger partial charge in [0, 0.05) is 33.3 Å². The molecule has 1 unspecified atom stereocenters. The smallest absolute Gasteiger partial charge is 0.383 e. The molecule has 1 saturated heterocycles. The first-order chi connectivity index (χ1) is 13.5. The van der Waals surface area contributed by atoms with E-state index in [0.717, 1.165) is 30.8 Å². The molecule has 0 aromatic heterocycles. The molecule has 6 nitrogen and oxygen atoms in total. The minimum absolute atomic E-state index is 0.121. The van der Waals surface area contributed by atoms with Crippen LogP contribution in [0.1, 0.15) is 24.1 Å². The maximum absolute atomic E-state index is 12.9. The second-order valence-corrected chi connectivity index (χ2v) is 6.42. The van der Waals surface area contributed by atoms with Crippen LogP contribution in [-0.2, 0) is 15.7 Å². The highest BCUT2D eigenvalue weighted by Gasteiger charge is 2.31. The van der Waals surface area contributed by atoms with E-state index in [-0.39, 0.29) is 6.04 Å². The van der Waals surface area contributed by atoms with Gasteiger partial charge in [-0.2, -0.15) is 13.2 Å². The molecule has 1 aliphatic rings. The lowest BCUT2D eigenvalue weighted by atomic mass is 10.0. The quantitative estimate of drug-likeness (QED) is 0.397. The van der Waals surface area contributed by atoms with Crippen LogP contribution >= 0.6 is 0 Å². The first kappa shape index (κ1) is 22.4. The van der Waals surface area contributed by atoms with Crippen molar-refractivity contribution in [1.29, 1.82) is 0 Å². The van der Waals surface area contributed by atoms with Crippen molar-refractivity contribution < 1.29 is 22.6 Å². The summed E-state index contributed by atoms with van der Waals surface area (Å²) >= 11 is 0. The van der Waals surface area contributed by atoms with Gasteiger partial charge in [-0.25, -0.2) is 0 Å². The number of alkyl halides is 3. The van der Waals surface area contributed by atoms with Gasteiger partial charge in [-0.1, -0.05) is 12.1 Å². The zero-order chi connectivity index (χ0) is 20.4. The van der Waals surface area contributed by atoms with E-state index in [1.807, 2.05) is 6.92 Å². The molecule has 1 fully saturated rings. The minimum Gasteiger partial charge on any atom is -0.383 e. The Balaban J connectivity index is 2.17. The fourth-order valence-electron chi connectivity index (χ4n) is 3.01. The van der Waals surface area contributed by atoms with Crippen LogP contribution in [0.15, 0.2) is 29.3 Å². The third kappa shape index (κ3) is 6.96. The van der Waals surface area contributed by atoms with E-state index in [4.69, 9.17) is 9.47 Å². The highest BCUT2D eigenvalue weighted by atomic mass is 19.4. The molecule has 2 N–H and O–H groups in total. The van der Waals surface area contributed by atoms with E-state index in [1.54, 1.807) is 19.2 Å². The molecule has 0 amide bonds. The maximum atomic E-state index is 12.9. The molecule has 1 aromatic rings. The molecule has 1 aromatic carbocycles. The molecule has 0 aliphatic carbocycles. The Labute approximate surface area is 164 Å². The van der Waals surface area contributed by atoms with E-state index < -0.39 is 11.7 Å². The second-order valence-electron chi connectivity index (χ2n) is 6.42. The molecule has 0 radical (unpaired) electrons. The van der Waals surface area contributed by atoms with Crippen LogP contribution in [0.25, 0.3) is 0 Å². The molecular formula is C19H29F3N4O2. The summed E-state index contributed by atoms with van der Waals surface area (Å²) in [7, 11) is 1.63. The number of hydrogen-bond donors (Lipinski definition) is 2. The van der Waals surface area contributed by atoms with Crippen molar-refractivity contribution in [3.05, 3.63) is 35.4 Å². The number of halogens is 3. The fourth-order valence-corrected chi connectivity index (χ4v) is 3.01. The van der Waals surface area contributed by atoms with Crippen molar-refractivity contribution in [3.63, 3.8) is 0 Å². The Morgan fingerprint density at radius 3 is 2.46 bits per heavy atom. The van der Waals surface area contributed by atoms with Gasteiger partial charge in [0.2, 0.25) is 0 Å². The average Bonchev–Trinajstić information content (AvgIpc) is 2.69. The van der Waals surface area contributed by atoms with Gasteiger partial charge in [0.05, 0.1) is 38.0 Å². The number of aliphatic imine (C=N–C) groups is 1. The molecule has 2 rings (SSSR count). The summed E-state index contributed by atoms with van der Waals surface area (Å²) in [4.78, 5) is 6.85. The van der Waals surface area contributed by atoms with E-state index >= 15 is 0 Å². The van der Waals surface area contributed by atoms with Crippen molar-refractivity contribution in [2.45, 2.75) is 19.1 Å². The second kappa shape index (κ2) is 11.2. The number of hydrogen-bond acceptors (Lipinski definition) is 4. The topological polar surface area (TPSA) is 58.1 Å². The van der Waals surface area contributed by atoms with Gasteiger partial charge in [-0.15, -0.1) is 0 Å². The van der Waals surface area contributed by atoms with E-state index in [1.165, 1.54) is 0 Å². The van der Waals surface area contributed by atoms with Gasteiger partial charge >= 0.3 is 6.18 Å². The lowest BCUT2D eigenvalue weighted by Gasteiger charge is -2.34. The van der Waals surface area contributed by atoms with Crippen molar-refractivity contribution in [2.24, 2.45) is 4.99 Å². The Kier molecular flexibility index (Phi) is 9.01. The van der Waals surface area contributed by atoms with Crippen molar-refractivity contribution >= 4 is 5.96 Å². The molecule has 1 atom stereocenters. The molecular weight excluding hydrogens is 373 g/mol. The predicted octanol–water partition coefficient (Wildman–Crippen LogP) is 2.28. The van der Waals surface area contributed by atoms with Crippen LogP contribution in [0.3, 0.4) is 0 Å². The molecule has 9 heteroatoms. The molecule has 28 heavy (non-hydrogen) atoms. The monoisotopic (exact) mass is 402 g/mol. The highest BCUT2D eigenvalue weighted by molar-refractivity contribution is 5.79. The van der Waals surface area contributed by atoms with Crippen LogP contribution in [0, 0.1) is 0 Å². The van der Waals surface area contributed by atoms with Crippen molar-refractivity contribution in [3.8, 4) is 0 Å².